The number of hydrogen-bond acceptors (Lipinski definition) is 10. The van der Waals surface area contributed by atoms with E-state index in [1.165, 1.54) is 0 Å². The number of allylic oxidation sites excluding steroid dienone is 6. The van der Waals surface area contributed by atoms with Gasteiger partial charge in [0, 0.05) is 88.9 Å². The number of carbonyl (C=O) groups is 7. The van der Waals surface area contributed by atoms with Crippen molar-refractivity contribution >= 4 is 58.9 Å². The Balaban J connectivity index is 0.00000898. The van der Waals surface area contributed by atoms with Gasteiger partial charge in [0.2, 0.25) is 0 Å². The van der Waals surface area contributed by atoms with Crippen LogP contribution in [-0.4, -0.2) is 106 Å². The van der Waals surface area contributed by atoms with E-state index in [0.717, 1.165) is 0 Å². The van der Waals surface area contributed by atoms with Crippen molar-refractivity contribution in [2.24, 2.45) is 60.3 Å². The van der Waals surface area contributed by atoms with E-state index in [4.69, 9.17) is 20.3 Å². The summed E-state index contributed by atoms with van der Waals surface area (Å²) in [5, 5.41) is 76.9. The van der Waals surface area contributed by atoms with Crippen molar-refractivity contribution in [2.45, 2.75) is 138 Å². The standard InChI is InChI=1S/C45H60N4O14.Co/c1-21-36-24(10-13-30(52)53)41(3,4)28(47-36)18-27-23(9-12-29(50)51)43(6,19-34(60)61)39(46-27)22(2)37-25(11-14-31(54)55)44(7,20-35(62)63)45(8,49-37)40-26(17-33(58)59)42(5,38(21)48-40)16-15-32(56)57;/h18,23-26,40H,9-17,19-20H2,1-8H3,(H8,46,47,48,49,50,51,52,53,54,55,56,57,58,59,60,61,62,63);/q;+2/p-1/t23-,24-,25-,26+,40-,42-,43+,44+,45+;/m1./s1. The van der Waals surface area contributed by atoms with Gasteiger partial charge in [-0.1, -0.05) is 40.7 Å². The van der Waals surface area contributed by atoms with Crippen LogP contribution < -0.4 is 0 Å². The van der Waals surface area contributed by atoms with Crippen LogP contribution in [0.5, 0.6) is 0 Å². The zero-order valence-electron chi connectivity index (χ0n) is 37.4. The molecule has 5 rings (SSSR count). The van der Waals surface area contributed by atoms with E-state index in [1.807, 2.05) is 13.8 Å². The molecule has 18 nitrogen and oxygen atoms in total. The monoisotopic (exact) mass is 938 g/mol. The Labute approximate surface area is 381 Å². The van der Waals surface area contributed by atoms with E-state index in [2.05, 4.69) is 0 Å². The first-order chi connectivity index (χ1) is 29.0. The molecule has 9 atom stereocenters. The molecule has 0 saturated carbocycles. The van der Waals surface area contributed by atoms with Crippen molar-refractivity contribution in [3.8, 4) is 0 Å². The zero-order chi connectivity index (χ0) is 47.4. The summed E-state index contributed by atoms with van der Waals surface area (Å²) in [6.07, 6.45) is -1.65. The molecule has 8 bridgehead atoms. The second-order valence-electron chi connectivity index (χ2n) is 19.4. The van der Waals surface area contributed by atoms with Gasteiger partial charge in [-0.3, -0.25) is 48.5 Å². The van der Waals surface area contributed by atoms with Crippen molar-refractivity contribution in [1.29, 1.82) is 0 Å². The number of aliphatic carboxylic acids is 7. The zero-order valence-corrected chi connectivity index (χ0v) is 38.4. The maximum atomic E-state index is 13.1. The molecule has 0 unspecified atom stereocenters. The molecule has 1 saturated heterocycles. The molecule has 0 aromatic carbocycles. The van der Waals surface area contributed by atoms with Crippen LogP contribution in [0, 0.1) is 45.3 Å². The minimum Gasteiger partial charge on any atom is -0.682 e. The van der Waals surface area contributed by atoms with Crippen LogP contribution in [0.25, 0.3) is 5.32 Å². The van der Waals surface area contributed by atoms with Crippen molar-refractivity contribution in [3.05, 3.63) is 39.6 Å². The van der Waals surface area contributed by atoms with E-state index in [-0.39, 0.29) is 66.7 Å². The molecule has 351 valence electrons. The summed E-state index contributed by atoms with van der Waals surface area (Å²) in [4.78, 5) is 103. The van der Waals surface area contributed by atoms with Gasteiger partial charge >= 0.3 is 58.6 Å². The molecular weight excluding hydrogens is 879 g/mol. The molecule has 0 spiro atoms. The Morgan fingerprint density at radius 1 is 0.609 bits per heavy atom. The molecule has 0 aromatic heterocycles. The van der Waals surface area contributed by atoms with Crippen LogP contribution in [-0.2, 0) is 50.3 Å². The first-order valence-electron chi connectivity index (χ1n) is 21.2. The van der Waals surface area contributed by atoms with Crippen molar-refractivity contribution < 1.29 is 86.1 Å². The number of nitrogens with zero attached hydrogens (tertiary/aromatic N) is 4. The Kier molecular flexibility index (Phi) is 14.8. The summed E-state index contributed by atoms with van der Waals surface area (Å²) < 4.78 is 0. The maximum absolute atomic E-state index is 13.1. The van der Waals surface area contributed by atoms with Gasteiger partial charge in [0.1, 0.15) is 0 Å². The molecule has 19 heteroatoms. The number of carboxylic acids is 7. The Morgan fingerprint density at radius 2 is 1.12 bits per heavy atom. The van der Waals surface area contributed by atoms with E-state index in [0.29, 0.717) is 34.0 Å². The van der Waals surface area contributed by atoms with Crippen LogP contribution in [0.2, 0.25) is 0 Å². The second-order valence-corrected chi connectivity index (χ2v) is 19.4. The predicted molar refractivity (Wildman–Crippen MR) is 228 cm³/mol. The Hall–Kier alpha value is -5.17. The smallest absolute Gasteiger partial charge is 0.682 e. The first-order valence-corrected chi connectivity index (χ1v) is 21.2. The number of fused-ring (bicyclic) bond motifs is 6. The molecule has 1 radical (unpaired) electrons. The third kappa shape index (κ3) is 9.06. The van der Waals surface area contributed by atoms with Crippen molar-refractivity contribution in [1.82, 2.24) is 0 Å². The summed E-state index contributed by atoms with van der Waals surface area (Å²) >= 11 is 0. The van der Waals surface area contributed by atoms with Gasteiger partial charge in [-0.25, -0.2) is 0 Å². The molecule has 0 amide bonds. The molecule has 5 aliphatic heterocycles. The molecule has 5 aliphatic rings. The summed E-state index contributed by atoms with van der Waals surface area (Å²) in [7, 11) is 0. The summed E-state index contributed by atoms with van der Waals surface area (Å²) in [5.41, 5.74) is -4.11. The average Bonchev–Trinajstić information content (AvgIpc) is 3.75. The first kappa shape index (κ1) is 51.5. The minimum absolute atomic E-state index is 0. The molecule has 0 aromatic rings. The quantitative estimate of drug-likeness (QED) is 0.0752. The normalized spacial score (nSPS) is 35.6. The predicted octanol–water partition coefficient (Wildman–Crippen LogP) is 6.70. The fourth-order valence-electron chi connectivity index (χ4n) is 11.6. The SMILES string of the molecule is C/C1=C2/[N-][C@H]([C@H](CC(=O)O)[C@@]2(C)CCC(=O)O)[C@]2(C)N=C(/C(C)=C3N=C(/C=C4N=C1[C@@H](CCC(=O)O)C\4(C)C)[C@@H](CCC(=O)O)[C@]\3(C)CC(=O)O)[C@@H](CCC(=O)O)[C@]2(C)CC(=O)O.[Co+2]. The average molecular weight is 939 g/mol. The largest absolute Gasteiger partial charge is 2.00 e. The van der Waals surface area contributed by atoms with Gasteiger partial charge in [-0.2, -0.15) is 5.70 Å². The van der Waals surface area contributed by atoms with Crippen LogP contribution in [0.4, 0.5) is 0 Å². The van der Waals surface area contributed by atoms with Gasteiger partial charge in [0.15, 0.2) is 0 Å². The van der Waals surface area contributed by atoms with Gasteiger partial charge < -0.3 is 41.1 Å². The maximum Gasteiger partial charge on any atom is 2.00 e. The molecule has 0 aliphatic carbocycles. The van der Waals surface area contributed by atoms with Crippen molar-refractivity contribution in [2.75, 3.05) is 0 Å². The number of carboxylic acid groups (broad SMARTS) is 7. The Bertz CT molecular complexity index is 2220. The fraction of sp³-hybridized carbons (Fsp3) is 0.644. The molecular formula is C45H59CoN4O14+. The number of aliphatic imine (C=N–C) groups is 3. The van der Waals surface area contributed by atoms with E-state index < -0.39 is 131 Å². The topological polar surface area (TPSA) is 312 Å². The van der Waals surface area contributed by atoms with Gasteiger partial charge in [-0.15, -0.1) is 0 Å². The third-order valence-corrected chi connectivity index (χ3v) is 15.2. The summed E-state index contributed by atoms with van der Waals surface area (Å²) in [6, 6.07) is -1.16. The summed E-state index contributed by atoms with van der Waals surface area (Å²) in [5.74, 6) is -11.7. The second kappa shape index (κ2) is 18.4. The molecule has 7 N–H and O–H groups in total. The van der Waals surface area contributed by atoms with Crippen LogP contribution >= 0.6 is 0 Å². The van der Waals surface area contributed by atoms with Crippen LogP contribution in [0.15, 0.2) is 49.3 Å². The van der Waals surface area contributed by atoms with Gasteiger partial charge in [0.25, 0.3) is 0 Å². The van der Waals surface area contributed by atoms with Crippen LogP contribution in [0.3, 0.4) is 0 Å². The molecule has 64 heavy (non-hydrogen) atoms. The van der Waals surface area contributed by atoms with Crippen molar-refractivity contribution in [3.63, 3.8) is 0 Å². The van der Waals surface area contributed by atoms with Crippen LogP contribution in [0.1, 0.15) is 126 Å². The fourth-order valence-corrected chi connectivity index (χ4v) is 11.6. The molecule has 5 heterocycles. The molecule has 1 fully saturated rings. The summed E-state index contributed by atoms with van der Waals surface area (Å²) in [6.45, 7) is 13.8. The van der Waals surface area contributed by atoms with E-state index in [9.17, 15) is 69.3 Å². The third-order valence-electron chi connectivity index (χ3n) is 15.2. The van der Waals surface area contributed by atoms with Gasteiger partial charge in [-0.05, 0) is 75.0 Å². The van der Waals surface area contributed by atoms with E-state index >= 15 is 0 Å². The van der Waals surface area contributed by atoms with Gasteiger partial charge in [0.05, 0.1) is 24.1 Å². The number of rotatable bonds is 18. The Morgan fingerprint density at radius 3 is 1.62 bits per heavy atom. The minimum atomic E-state index is -1.64. The number of hydrogen-bond donors (Lipinski definition) is 7. The van der Waals surface area contributed by atoms with E-state index in [1.54, 1.807) is 47.6 Å².